The van der Waals surface area contributed by atoms with Crippen molar-refractivity contribution in [1.82, 2.24) is 0 Å². The van der Waals surface area contributed by atoms with E-state index in [2.05, 4.69) is 0 Å². The highest BCUT2D eigenvalue weighted by atomic mass is 19.1. The Labute approximate surface area is 112 Å². The molecular weight excluding hydrogens is 270 g/mol. The van der Waals surface area contributed by atoms with Crippen LogP contribution < -0.4 is 4.74 Å². The molecule has 0 unspecified atom stereocenters. The number of ether oxygens (including phenoxy) is 1. The van der Waals surface area contributed by atoms with E-state index in [0.29, 0.717) is 0 Å². The predicted molar refractivity (Wildman–Crippen MR) is 65.8 cm³/mol. The van der Waals surface area contributed by atoms with Crippen LogP contribution in [0.25, 0.3) is 0 Å². The van der Waals surface area contributed by atoms with Crippen molar-refractivity contribution in [3.8, 4) is 11.5 Å². The lowest BCUT2D eigenvalue weighted by atomic mass is 10.1. The normalized spacial score (nSPS) is 10.3. The van der Waals surface area contributed by atoms with Gasteiger partial charge in [0.05, 0.1) is 5.56 Å². The van der Waals surface area contributed by atoms with Crippen LogP contribution in [-0.4, -0.2) is 16.2 Å². The van der Waals surface area contributed by atoms with Crippen molar-refractivity contribution in [2.24, 2.45) is 0 Å². The SMILES string of the molecule is O=C(O)c1ccc(COc2ccc(O)c(F)c2)c(F)c1. The van der Waals surface area contributed by atoms with Crippen LogP contribution in [0.4, 0.5) is 8.78 Å². The molecule has 0 radical (unpaired) electrons. The minimum Gasteiger partial charge on any atom is -0.505 e. The second-order valence-corrected chi connectivity index (χ2v) is 4.01. The molecule has 0 amide bonds. The molecule has 2 rings (SSSR count). The first-order valence-corrected chi connectivity index (χ1v) is 5.60. The minimum atomic E-state index is -1.23. The van der Waals surface area contributed by atoms with Gasteiger partial charge in [-0.15, -0.1) is 0 Å². The number of carboxylic acid groups (broad SMARTS) is 1. The van der Waals surface area contributed by atoms with Crippen LogP contribution in [0.2, 0.25) is 0 Å². The molecule has 2 aromatic carbocycles. The summed E-state index contributed by atoms with van der Waals surface area (Å²) in [7, 11) is 0. The summed E-state index contributed by atoms with van der Waals surface area (Å²) >= 11 is 0. The van der Waals surface area contributed by atoms with Crippen molar-refractivity contribution < 1.29 is 28.5 Å². The minimum absolute atomic E-state index is 0.127. The maximum Gasteiger partial charge on any atom is 0.335 e. The third kappa shape index (κ3) is 3.03. The van der Waals surface area contributed by atoms with E-state index in [1.54, 1.807) is 0 Å². The van der Waals surface area contributed by atoms with Gasteiger partial charge in [0.25, 0.3) is 0 Å². The van der Waals surface area contributed by atoms with E-state index in [0.717, 1.165) is 18.2 Å². The molecule has 0 fully saturated rings. The summed E-state index contributed by atoms with van der Waals surface area (Å²) in [6.07, 6.45) is 0. The molecular formula is C14H10F2O4. The Kier molecular flexibility index (Phi) is 3.84. The largest absolute Gasteiger partial charge is 0.505 e. The summed E-state index contributed by atoms with van der Waals surface area (Å²) in [5.41, 5.74) is -0.0228. The van der Waals surface area contributed by atoms with Crippen LogP contribution in [0.15, 0.2) is 36.4 Å². The molecule has 104 valence electrons. The molecule has 20 heavy (non-hydrogen) atoms. The molecule has 4 nitrogen and oxygen atoms in total. The molecule has 0 spiro atoms. The third-order valence-corrected chi connectivity index (χ3v) is 2.61. The summed E-state index contributed by atoms with van der Waals surface area (Å²) in [6.45, 7) is -0.185. The first-order valence-electron chi connectivity index (χ1n) is 5.60. The predicted octanol–water partition coefficient (Wildman–Crippen LogP) is 2.95. The molecule has 0 bridgehead atoms. The van der Waals surface area contributed by atoms with Gasteiger partial charge in [-0.05, 0) is 24.3 Å². The van der Waals surface area contributed by atoms with Gasteiger partial charge >= 0.3 is 5.97 Å². The van der Waals surface area contributed by atoms with Gasteiger partial charge in [0.1, 0.15) is 18.2 Å². The van der Waals surface area contributed by atoms with Crippen molar-refractivity contribution in [3.63, 3.8) is 0 Å². The lowest BCUT2D eigenvalue weighted by Crippen LogP contribution is -2.02. The third-order valence-electron chi connectivity index (χ3n) is 2.61. The molecule has 6 heteroatoms. The molecule has 0 aliphatic carbocycles. The summed E-state index contributed by atoms with van der Waals surface area (Å²) in [5, 5.41) is 17.7. The van der Waals surface area contributed by atoms with Crippen molar-refractivity contribution in [2.75, 3.05) is 0 Å². The van der Waals surface area contributed by atoms with Crippen LogP contribution in [0.3, 0.4) is 0 Å². The van der Waals surface area contributed by atoms with Gasteiger partial charge < -0.3 is 14.9 Å². The topological polar surface area (TPSA) is 66.8 Å². The van der Waals surface area contributed by atoms with Crippen molar-refractivity contribution in [2.45, 2.75) is 6.61 Å². The van der Waals surface area contributed by atoms with E-state index in [1.807, 2.05) is 0 Å². The second-order valence-electron chi connectivity index (χ2n) is 4.01. The first kappa shape index (κ1) is 13.8. The van der Waals surface area contributed by atoms with Gasteiger partial charge in [0.15, 0.2) is 11.6 Å². The summed E-state index contributed by atoms with van der Waals surface area (Å²) in [6, 6.07) is 6.85. The molecule has 0 saturated heterocycles. The molecule has 0 atom stereocenters. The summed E-state index contributed by atoms with van der Waals surface area (Å²) < 4.78 is 31.8. The number of phenolic OH excluding ortho intramolecular Hbond substituents is 1. The number of halogens is 2. The zero-order chi connectivity index (χ0) is 14.7. The average molecular weight is 280 g/mol. The molecule has 2 N–H and O–H groups in total. The molecule has 2 aromatic rings. The summed E-state index contributed by atoms with van der Waals surface area (Å²) in [4.78, 5) is 10.6. The van der Waals surface area contributed by atoms with Crippen LogP contribution in [-0.2, 0) is 6.61 Å². The molecule has 0 aliphatic rings. The number of carbonyl (C=O) groups is 1. The Hall–Kier alpha value is -2.63. The Morgan fingerprint density at radius 2 is 1.85 bits per heavy atom. The number of hydrogen-bond donors (Lipinski definition) is 2. The van der Waals surface area contributed by atoms with Crippen LogP contribution in [0.1, 0.15) is 15.9 Å². The Morgan fingerprint density at radius 1 is 1.10 bits per heavy atom. The zero-order valence-electron chi connectivity index (χ0n) is 10.1. The Bertz CT molecular complexity index is 656. The van der Waals surface area contributed by atoms with Gasteiger partial charge in [0, 0.05) is 11.6 Å². The van der Waals surface area contributed by atoms with Gasteiger partial charge in [-0.1, -0.05) is 6.07 Å². The van der Waals surface area contributed by atoms with Crippen LogP contribution in [0, 0.1) is 11.6 Å². The van der Waals surface area contributed by atoms with E-state index in [9.17, 15) is 13.6 Å². The number of hydrogen-bond acceptors (Lipinski definition) is 3. The van der Waals surface area contributed by atoms with Crippen molar-refractivity contribution in [3.05, 3.63) is 59.2 Å². The average Bonchev–Trinajstić information content (AvgIpc) is 2.41. The van der Waals surface area contributed by atoms with E-state index in [1.165, 1.54) is 18.2 Å². The Balaban J connectivity index is 2.10. The highest BCUT2D eigenvalue weighted by Gasteiger charge is 2.09. The quantitative estimate of drug-likeness (QED) is 0.903. The van der Waals surface area contributed by atoms with E-state index in [-0.39, 0.29) is 23.5 Å². The molecule has 0 saturated carbocycles. The van der Waals surface area contributed by atoms with E-state index >= 15 is 0 Å². The molecule has 0 aliphatic heterocycles. The number of carboxylic acids is 1. The van der Waals surface area contributed by atoms with Crippen LogP contribution >= 0.6 is 0 Å². The molecule has 0 aromatic heterocycles. The number of aromatic carboxylic acids is 1. The van der Waals surface area contributed by atoms with Gasteiger partial charge in [-0.3, -0.25) is 0 Å². The van der Waals surface area contributed by atoms with Crippen molar-refractivity contribution >= 4 is 5.97 Å². The van der Waals surface area contributed by atoms with Crippen LogP contribution in [0.5, 0.6) is 11.5 Å². The van der Waals surface area contributed by atoms with Gasteiger partial charge in [-0.25, -0.2) is 13.6 Å². The number of rotatable bonds is 4. The monoisotopic (exact) mass is 280 g/mol. The fraction of sp³-hybridized carbons (Fsp3) is 0.0714. The lowest BCUT2D eigenvalue weighted by molar-refractivity contribution is 0.0696. The van der Waals surface area contributed by atoms with Gasteiger partial charge in [-0.2, -0.15) is 0 Å². The Morgan fingerprint density at radius 3 is 2.45 bits per heavy atom. The smallest absolute Gasteiger partial charge is 0.335 e. The number of benzene rings is 2. The van der Waals surface area contributed by atoms with Gasteiger partial charge in [0.2, 0.25) is 0 Å². The maximum absolute atomic E-state index is 13.6. The standard InChI is InChI=1S/C14H10F2O4/c15-11-5-8(14(18)19)1-2-9(11)7-20-10-3-4-13(17)12(16)6-10/h1-6,17H,7H2,(H,18,19). The first-order chi connectivity index (χ1) is 9.47. The molecule has 0 heterocycles. The fourth-order valence-electron chi connectivity index (χ4n) is 1.54. The maximum atomic E-state index is 13.6. The lowest BCUT2D eigenvalue weighted by Gasteiger charge is -2.08. The summed E-state index contributed by atoms with van der Waals surface area (Å²) in [5.74, 6) is -3.17. The number of aromatic hydroxyl groups is 1. The van der Waals surface area contributed by atoms with E-state index in [4.69, 9.17) is 14.9 Å². The second kappa shape index (κ2) is 5.56. The van der Waals surface area contributed by atoms with Crippen molar-refractivity contribution in [1.29, 1.82) is 0 Å². The fourth-order valence-corrected chi connectivity index (χ4v) is 1.54. The number of phenols is 1. The zero-order valence-corrected chi connectivity index (χ0v) is 10.1. The van der Waals surface area contributed by atoms with E-state index < -0.39 is 23.4 Å². The highest BCUT2D eigenvalue weighted by molar-refractivity contribution is 5.87. The highest BCUT2D eigenvalue weighted by Crippen LogP contribution is 2.22.